The molecule has 4 rings (SSSR count). The number of nitrogens with zero attached hydrogens (tertiary/aromatic N) is 1. The number of hydrogen-bond acceptors (Lipinski definition) is 6. The summed E-state index contributed by atoms with van der Waals surface area (Å²) in [4.78, 5) is 25.4. The van der Waals surface area contributed by atoms with Gasteiger partial charge in [0.1, 0.15) is 24.2 Å². The first kappa shape index (κ1) is 24.7. The van der Waals surface area contributed by atoms with E-state index in [4.69, 9.17) is 14.2 Å². The summed E-state index contributed by atoms with van der Waals surface area (Å²) in [6.45, 7) is 4.09. The summed E-state index contributed by atoms with van der Waals surface area (Å²) in [5, 5.41) is 6.77. The molecule has 0 fully saturated rings. The van der Waals surface area contributed by atoms with Crippen LogP contribution in [-0.4, -0.2) is 30.9 Å². The third-order valence-corrected chi connectivity index (χ3v) is 5.46. The highest BCUT2D eigenvalue weighted by atomic mass is 19.1. The summed E-state index contributed by atoms with van der Waals surface area (Å²) in [5.41, 5.74) is 4.45. The van der Waals surface area contributed by atoms with Crippen molar-refractivity contribution in [1.82, 2.24) is 10.7 Å². The van der Waals surface area contributed by atoms with Crippen molar-refractivity contribution >= 4 is 18.0 Å². The molecular weight excluding hydrogens is 465 g/mol. The van der Waals surface area contributed by atoms with E-state index >= 15 is 0 Å². The van der Waals surface area contributed by atoms with Gasteiger partial charge in [-0.05, 0) is 71.6 Å². The molecule has 0 spiro atoms. The Kier molecular flexibility index (Phi) is 7.79. The van der Waals surface area contributed by atoms with Crippen LogP contribution in [0, 0.1) is 11.7 Å². The molecule has 2 N–H and O–H groups in total. The molecular formula is C27H26FN3O5. The maximum atomic E-state index is 13.0. The molecule has 1 heterocycles. The van der Waals surface area contributed by atoms with Gasteiger partial charge in [0.25, 0.3) is 11.8 Å². The van der Waals surface area contributed by atoms with Gasteiger partial charge >= 0.3 is 0 Å². The number of fused-ring (bicyclic) bond motifs is 1. The quantitative estimate of drug-likeness (QED) is 0.348. The molecule has 3 aromatic carbocycles. The van der Waals surface area contributed by atoms with Crippen LogP contribution in [0.15, 0.2) is 71.8 Å². The summed E-state index contributed by atoms with van der Waals surface area (Å²) < 4.78 is 29.3. The third-order valence-electron chi connectivity index (χ3n) is 5.46. The Balaban J connectivity index is 1.29. The predicted octanol–water partition coefficient (Wildman–Crippen LogP) is 4.04. The second-order valence-electron chi connectivity index (χ2n) is 8.48. The van der Waals surface area contributed by atoms with Crippen LogP contribution in [-0.2, 0) is 11.4 Å². The highest BCUT2D eigenvalue weighted by molar-refractivity contribution is 5.98. The molecule has 3 aromatic rings. The van der Waals surface area contributed by atoms with E-state index in [-0.39, 0.29) is 18.5 Å². The van der Waals surface area contributed by atoms with Crippen molar-refractivity contribution < 1.29 is 28.2 Å². The number of halogens is 1. The van der Waals surface area contributed by atoms with Crippen molar-refractivity contribution in [3.8, 4) is 17.2 Å². The number of nitrogens with one attached hydrogen (secondary N) is 2. The minimum absolute atomic E-state index is 0.112. The van der Waals surface area contributed by atoms with Crippen LogP contribution in [0.5, 0.6) is 17.2 Å². The van der Waals surface area contributed by atoms with Crippen molar-refractivity contribution in [1.29, 1.82) is 0 Å². The average Bonchev–Trinajstić information content (AvgIpc) is 3.35. The van der Waals surface area contributed by atoms with Crippen LogP contribution in [0.2, 0.25) is 0 Å². The molecule has 0 saturated heterocycles. The molecule has 36 heavy (non-hydrogen) atoms. The zero-order valence-corrected chi connectivity index (χ0v) is 19.9. The lowest BCUT2D eigenvalue weighted by Gasteiger charge is -2.20. The monoisotopic (exact) mass is 491 g/mol. The highest BCUT2D eigenvalue weighted by Crippen LogP contribution is 2.32. The van der Waals surface area contributed by atoms with Crippen molar-refractivity contribution in [2.24, 2.45) is 11.0 Å². The van der Waals surface area contributed by atoms with Crippen LogP contribution in [0.4, 0.5) is 4.39 Å². The number of carbonyl (C=O) groups excluding carboxylic acids is 2. The molecule has 0 bridgehead atoms. The Labute approximate surface area is 208 Å². The van der Waals surface area contributed by atoms with Crippen LogP contribution in [0.3, 0.4) is 0 Å². The van der Waals surface area contributed by atoms with Crippen LogP contribution in [0.1, 0.15) is 35.3 Å². The standard InChI is InChI=1S/C27H26FN3O5/c1-17(2)25(30-26(32)20-7-12-23-24(13-20)36-16-35-23)27(33)31-29-14-18-5-10-22(11-6-18)34-15-19-3-8-21(28)9-4-19/h3-14,17,25H,15-16H2,1-2H3,(H,30,32)(H,31,33)/b29-14+. The molecule has 1 aliphatic rings. The zero-order valence-electron chi connectivity index (χ0n) is 19.9. The molecule has 8 nitrogen and oxygen atoms in total. The van der Waals surface area contributed by atoms with Gasteiger partial charge in [-0.25, -0.2) is 9.82 Å². The van der Waals surface area contributed by atoms with E-state index in [0.717, 1.165) is 11.1 Å². The summed E-state index contributed by atoms with van der Waals surface area (Å²) in [6, 6.07) is 17.3. The van der Waals surface area contributed by atoms with Gasteiger partial charge in [0.2, 0.25) is 6.79 Å². The van der Waals surface area contributed by atoms with E-state index in [9.17, 15) is 14.0 Å². The molecule has 0 saturated carbocycles. The minimum atomic E-state index is -0.790. The van der Waals surface area contributed by atoms with Crippen molar-refractivity contribution in [3.63, 3.8) is 0 Å². The van der Waals surface area contributed by atoms with Gasteiger partial charge < -0.3 is 19.5 Å². The smallest absolute Gasteiger partial charge is 0.262 e. The first-order valence-corrected chi connectivity index (χ1v) is 11.4. The van der Waals surface area contributed by atoms with Crippen LogP contribution < -0.4 is 25.0 Å². The Bertz CT molecular complexity index is 1240. The molecule has 1 atom stereocenters. The lowest BCUT2D eigenvalue weighted by Crippen LogP contribution is -2.48. The van der Waals surface area contributed by atoms with Gasteiger partial charge in [-0.2, -0.15) is 5.10 Å². The molecule has 1 aliphatic heterocycles. The molecule has 186 valence electrons. The Morgan fingerprint density at radius 2 is 1.75 bits per heavy atom. The fraction of sp³-hybridized carbons (Fsp3) is 0.222. The van der Waals surface area contributed by atoms with Gasteiger partial charge in [0, 0.05) is 5.56 Å². The first-order valence-electron chi connectivity index (χ1n) is 11.4. The molecule has 1 unspecified atom stereocenters. The SMILES string of the molecule is CC(C)C(NC(=O)c1ccc2c(c1)OCO2)C(=O)N/N=C/c1ccc(OCc2ccc(F)cc2)cc1. The van der Waals surface area contributed by atoms with Crippen molar-refractivity contribution in [3.05, 3.63) is 89.2 Å². The number of hydrazone groups is 1. The minimum Gasteiger partial charge on any atom is -0.489 e. The molecule has 0 aliphatic carbocycles. The topological polar surface area (TPSA) is 98.2 Å². The Morgan fingerprint density at radius 3 is 2.47 bits per heavy atom. The Morgan fingerprint density at radius 1 is 1.03 bits per heavy atom. The Hall–Kier alpha value is -4.40. The summed E-state index contributed by atoms with van der Waals surface area (Å²) in [6.07, 6.45) is 1.50. The number of amides is 2. The van der Waals surface area contributed by atoms with Gasteiger partial charge in [0.05, 0.1) is 6.21 Å². The number of carbonyl (C=O) groups is 2. The van der Waals surface area contributed by atoms with E-state index in [1.54, 1.807) is 54.6 Å². The number of rotatable bonds is 9. The lowest BCUT2D eigenvalue weighted by molar-refractivity contribution is -0.123. The van der Waals surface area contributed by atoms with Gasteiger partial charge in [0.15, 0.2) is 11.5 Å². The molecule has 9 heteroatoms. The van der Waals surface area contributed by atoms with E-state index in [2.05, 4.69) is 15.8 Å². The largest absolute Gasteiger partial charge is 0.489 e. The normalized spacial score (nSPS) is 13.0. The first-order chi connectivity index (χ1) is 17.4. The molecule has 0 aromatic heterocycles. The van der Waals surface area contributed by atoms with Crippen molar-refractivity contribution in [2.75, 3.05) is 6.79 Å². The van der Waals surface area contributed by atoms with E-state index in [1.807, 2.05) is 13.8 Å². The fourth-order valence-electron chi connectivity index (χ4n) is 3.43. The average molecular weight is 492 g/mol. The van der Waals surface area contributed by atoms with Crippen molar-refractivity contribution in [2.45, 2.75) is 26.5 Å². The van der Waals surface area contributed by atoms with Gasteiger partial charge in [-0.15, -0.1) is 0 Å². The highest BCUT2D eigenvalue weighted by Gasteiger charge is 2.25. The second-order valence-corrected chi connectivity index (χ2v) is 8.48. The number of benzene rings is 3. The number of hydrogen-bond donors (Lipinski definition) is 2. The molecule has 2 amide bonds. The summed E-state index contributed by atoms with van der Waals surface area (Å²) >= 11 is 0. The second kappa shape index (κ2) is 11.4. The third kappa shape index (κ3) is 6.38. The van der Waals surface area contributed by atoms with Gasteiger partial charge in [-0.3, -0.25) is 9.59 Å². The lowest BCUT2D eigenvalue weighted by atomic mass is 10.0. The zero-order chi connectivity index (χ0) is 25.5. The van der Waals surface area contributed by atoms with Gasteiger partial charge in [-0.1, -0.05) is 26.0 Å². The maximum absolute atomic E-state index is 13.0. The van der Waals surface area contributed by atoms with E-state index in [0.29, 0.717) is 29.4 Å². The summed E-state index contributed by atoms with van der Waals surface area (Å²) in [5.74, 6) is 0.414. The number of ether oxygens (including phenoxy) is 3. The fourth-order valence-corrected chi connectivity index (χ4v) is 3.43. The van der Waals surface area contributed by atoms with E-state index < -0.39 is 17.9 Å². The molecule has 0 radical (unpaired) electrons. The predicted molar refractivity (Wildman–Crippen MR) is 132 cm³/mol. The van der Waals surface area contributed by atoms with Crippen LogP contribution >= 0.6 is 0 Å². The maximum Gasteiger partial charge on any atom is 0.262 e. The summed E-state index contributed by atoms with van der Waals surface area (Å²) in [7, 11) is 0. The van der Waals surface area contributed by atoms with Crippen LogP contribution in [0.25, 0.3) is 0 Å². The van der Waals surface area contributed by atoms with E-state index in [1.165, 1.54) is 18.3 Å².